The van der Waals surface area contributed by atoms with Gasteiger partial charge in [-0.3, -0.25) is 0 Å². The third kappa shape index (κ3) is 6.82. The molecule has 1 saturated heterocycles. The molecule has 2 aromatic carbocycles. The standard InChI is InChI=1S/C35H46NO7/c1-20(2)13-24(5-4-12-37)26-15-22(7-9-29(26)38)23-6-8-25-30(39)18-33(43-32(25)16-23)27-17-31(40)34(41)35(42-3)28(27)14-21-10-11-36-19-21/h7,9-11,15,17,19-20,23-25,30,32-33,37-41H,4-6,8,12-14,16,18H2,1-3H3/q-1/t23-,24+,25-,30-,32-,33-/m0/s1. The Morgan fingerprint density at radius 2 is 1.86 bits per heavy atom. The SMILES string of the molecule is COc1c(O)c(O)cc([C@@H]2C[C@H](O)[C@@H]3CC[C@H](c4ccc(O)c([C@H](CCCO)CC(C)C)c4)C[C@@H]3O2)c1Cc1cc[n-]c1. The Labute approximate surface area is 254 Å². The van der Waals surface area contributed by atoms with Crippen molar-refractivity contribution in [3.05, 3.63) is 70.5 Å². The minimum Gasteiger partial charge on any atom is -0.670 e. The van der Waals surface area contributed by atoms with Crippen molar-refractivity contribution in [2.24, 2.45) is 11.8 Å². The smallest absolute Gasteiger partial charge is 0.200 e. The van der Waals surface area contributed by atoms with Gasteiger partial charge in [-0.15, -0.1) is 0 Å². The summed E-state index contributed by atoms with van der Waals surface area (Å²) in [7, 11) is 1.46. The minimum atomic E-state index is -0.565. The first-order valence-corrected chi connectivity index (χ1v) is 15.6. The fraction of sp³-hybridized carbons (Fsp3) is 0.543. The van der Waals surface area contributed by atoms with Crippen LogP contribution >= 0.6 is 0 Å². The van der Waals surface area contributed by atoms with Crippen LogP contribution in [0.4, 0.5) is 0 Å². The maximum atomic E-state index is 11.3. The van der Waals surface area contributed by atoms with E-state index in [1.165, 1.54) is 13.2 Å². The number of hydrogen-bond donors (Lipinski definition) is 5. The molecule has 2 heterocycles. The van der Waals surface area contributed by atoms with Crippen molar-refractivity contribution in [1.82, 2.24) is 4.98 Å². The highest BCUT2D eigenvalue weighted by atomic mass is 16.5. The predicted molar refractivity (Wildman–Crippen MR) is 164 cm³/mol. The summed E-state index contributed by atoms with van der Waals surface area (Å²) in [6.45, 7) is 4.50. The lowest BCUT2D eigenvalue weighted by molar-refractivity contribution is -0.154. The summed E-state index contributed by atoms with van der Waals surface area (Å²) < 4.78 is 12.3. The Kier molecular flexibility index (Phi) is 9.89. The Morgan fingerprint density at radius 3 is 2.56 bits per heavy atom. The zero-order chi connectivity index (χ0) is 30.7. The van der Waals surface area contributed by atoms with Crippen LogP contribution in [0, 0.1) is 11.8 Å². The molecule has 3 aromatic rings. The van der Waals surface area contributed by atoms with E-state index >= 15 is 0 Å². The zero-order valence-corrected chi connectivity index (χ0v) is 25.4. The van der Waals surface area contributed by atoms with Gasteiger partial charge in [-0.05, 0) is 91.5 Å². The van der Waals surface area contributed by atoms with Gasteiger partial charge >= 0.3 is 0 Å². The molecule has 8 nitrogen and oxygen atoms in total. The summed E-state index contributed by atoms with van der Waals surface area (Å²) in [5.74, 6) is 0.769. The molecule has 1 aliphatic heterocycles. The van der Waals surface area contributed by atoms with E-state index < -0.39 is 12.2 Å². The summed E-state index contributed by atoms with van der Waals surface area (Å²) in [5, 5.41) is 52.8. The molecule has 2 aliphatic rings. The molecule has 8 heteroatoms. The molecule has 5 rings (SSSR count). The summed E-state index contributed by atoms with van der Waals surface area (Å²) in [6.07, 6.45) is 7.98. The zero-order valence-electron chi connectivity index (χ0n) is 25.4. The Bertz CT molecular complexity index is 1350. The molecule has 1 aliphatic carbocycles. The first-order valence-electron chi connectivity index (χ1n) is 15.6. The highest BCUT2D eigenvalue weighted by Gasteiger charge is 2.43. The number of aliphatic hydroxyl groups is 2. The van der Waals surface area contributed by atoms with Gasteiger partial charge < -0.3 is 40.0 Å². The molecule has 1 aromatic heterocycles. The monoisotopic (exact) mass is 592 g/mol. The molecule has 0 unspecified atom stereocenters. The van der Waals surface area contributed by atoms with Crippen molar-refractivity contribution in [2.45, 2.75) is 95.4 Å². The number of aliphatic hydroxyl groups excluding tert-OH is 2. The predicted octanol–water partition coefficient (Wildman–Crippen LogP) is 6.04. The quantitative estimate of drug-likeness (QED) is 0.170. The van der Waals surface area contributed by atoms with Crippen LogP contribution in [0.5, 0.6) is 23.0 Å². The summed E-state index contributed by atoms with van der Waals surface area (Å²) in [4.78, 5) is 4.16. The Balaban J connectivity index is 1.41. The van der Waals surface area contributed by atoms with Crippen LogP contribution in [0.25, 0.3) is 0 Å². The summed E-state index contributed by atoms with van der Waals surface area (Å²) in [6, 6.07) is 9.39. The number of methoxy groups -OCH3 is 1. The molecular formula is C35H46NO7-. The van der Waals surface area contributed by atoms with Gasteiger partial charge in [0.2, 0.25) is 5.75 Å². The van der Waals surface area contributed by atoms with Crippen LogP contribution in [0.1, 0.15) is 105 Å². The van der Waals surface area contributed by atoms with Crippen LogP contribution < -0.4 is 9.72 Å². The average Bonchev–Trinajstić information content (AvgIpc) is 3.50. The molecule has 6 atom stereocenters. The largest absolute Gasteiger partial charge is 0.670 e. The number of fused-ring (bicyclic) bond motifs is 1. The number of rotatable bonds is 11. The normalized spacial score (nSPS) is 24.6. The van der Waals surface area contributed by atoms with Gasteiger partial charge in [0.1, 0.15) is 5.75 Å². The van der Waals surface area contributed by atoms with E-state index in [0.29, 0.717) is 42.1 Å². The van der Waals surface area contributed by atoms with Crippen molar-refractivity contribution < 1.29 is 35.0 Å². The summed E-state index contributed by atoms with van der Waals surface area (Å²) in [5.41, 5.74) is 4.45. The summed E-state index contributed by atoms with van der Waals surface area (Å²) >= 11 is 0. The second-order valence-electron chi connectivity index (χ2n) is 12.8. The van der Waals surface area contributed by atoms with Gasteiger partial charge in [-0.2, -0.15) is 12.4 Å². The first kappa shape index (κ1) is 31.2. The maximum Gasteiger partial charge on any atom is 0.200 e. The molecule has 43 heavy (non-hydrogen) atoms. The fourth-order valence-electron chi connectivity index (χ4n) is 7.39. The third-order valence-electron chi connectivity index (χ3n) is 9.48. The number of phenols is 3. The number of benzene rings is 2. The van der Waals surface area contributed by atoms with E-state index in [1.807, 2.05) is 12.1 Å². The molecular weight excluding hydrogens is 546 g/mol. The van der Waals surface area contributed by atoms with Crippen LogP contribution in [-0.4, -0.2) is 51.5 Å². The van der Waals surface area contributed by atoms with Gasteiger partial charge in [0.05, 0.1) is 25.4 Å². The molecule has 0 radical (unpaired) electrons. The molecule has 0 bridgehead atoms. The highest BCUT2D eigenvalue weighted by Crippen LogP contribution is 2.50. The Hall–Kier alpha value is -3.20. The molecule has 2 fully saturated rings. The van der Waals surface area contributed by atoms with Crippen LogP contribution in [-0.2, 0) is 11.2 Å². The average molecular weight is 593 g/mol. The van der Waals surface area contributed by atoms with E-state index in [9.17, 15) is 25.5 Å². The number of aromatic nitrogens is 1. The van der Waals surface area contributed by atoms with Gasteiger partial charge in [-0.25, -0.2) is 0 Å². The second kappa shape index (κ2) is 13.6. The number of aromatic hydroxyl groups is 3. The van der Waals surface area contributed by atoms with Crippen LogP contribution in [0.3, 0.4) is 0 Å². The second-order valence-corrected chi connectivity index (χ2v) is 12.8. The topological polar surface area (TPSA) is 134 Å². The van der Waals surface area contributed by atoms with Crippen molar-refractivity contribution >= 4 is 0 Å². The van der Waals surface area contributed by atoms with Crippen LogP contribution in [0.15, 0.2) is 42.7 Å². The van der Waals surface area contributed by atoms with Gasteiger partial charge in [0, 0.05) is 24.5 Å². The Morgan fingerprint density at radius 1 is 1.05 bits per heavy atom. The number of hydrogen-bond acceptors (Lipinski definition) is 7. The van der Waals surface area contributed by atoms with E-state index in [2.05, 4.69) is 24.9 Å². The fourth-order valence-corrected chi connectivity index (χ4v) is 7.39. The lowest BCUT2D eigenvalue weighted by Gasteiger charge is -2.45. The van der Waals surface area contributed by atoms with E-state index in [1.54, 1.807) is 18.5 Å². The first-order chi connectivity index (χ1) is 20.7. The van der Waals surface area contributed by atoms with Gasteiger partial charge in [0.15, 0.2) is 11.5 Å². The maximum absolute atomic E-state index is 11.3. The number of phenolic OH excluding ortho intramolecular Hbond substituents is 3. The number of ether oxygens (including phenoxy) is 2. The van der Waals surface area contributed by atoms with Crippen LogP contribution in [0.2, 0.25) is 0 Å². The number of nitrogens with zero attached hydrogens (tertiary/aromatic N) is 1. The molecule has 5 N–H and O–H groups in total. The lowest BCUT2D eigenvalue weighted by atomic mass is 9.71. The van der Waals surface area contributed by atoms with Crippen molar-refractivity contribution in [1.29, 1.82) is 0 Å². The van der Waals surface area contributed by atoms with Gasteiger partial charge in [-0.1, -0.05) is 37.6 Å². The van der Waals surface area contributed by atoms with Crippen molar-refractivity contribution in [3.63, 3.8) is 0 Å². The van der Waals surface area contributed by atoms with E-state index in [4.69, 9.17) is 9.47 Å². The highest BCUT2D eigenvalue weighted by molar-refractivity contribution is 5.59. The third-order valence-corrected chi connectivity index (χ3v) is 9.48. The molecule has 234 valence electrons. The van der Waals surface area contributed by atoms with Crippen molar-refractivity contribution in [2.75, 3.05) is 13.7 Å². The van der Waals surface area contributed by atoms with Crippen molar-refractivity contribution in [3.8, 4) is 23.0 Å². The van der Waals surface area contributed by atoms with Gasteiger partial charge in [0.25, 0.3) is 0 Å². The molecule has 0 spiro atoms. The van der Waals surface area contributed by atoms with E-state index in [-0.39, 0.29) is 47.7 Å². The molecule has 0 amide bonds. The molecule has 1 saturated carbocycles. The van der Waals surface area contributed by atoms with E-state index in [0.717, 1.165) is 48.8 Å². The lowest BCUT2D eigenvalue weighted by Crippen LogP contribution is -2.44. The minimum absolute atomic E-state index is 0.0117.